The Balaban J connectivity index is 2.00. The van der Waals surface area contributed by atoms with Crippen LogP contribution in [0.25, 0.3) is 0 Å². The molecule has 2 rings (SSSR count). The third kappa shape index (κ3) is 3.13. The van der Waals surface area contributed by atoms with Crippen molar-refractivity contribution < 1.29 is 9.66 Å². The van der Waals surface area contributed by atoms with Crippen LogP contribution in [-0.4, -0.2) is 22.1 Å². The standard InChI is InChI=1S/C10H15N3O3S/c11-7-4-2-1-3-5-8(7)16-10-12-6-9(17-10)13(14)15/h6-8H,1-5,11H2. The minimum absolute atomic E-state index is 0.000422. The number of hydrogen-bond acceptors (Lipinski definition) is 6. The number of nitrogens with two attached hydrogens (primary N) is 1. The summed E-state index contributed by atoms with van der Waals surface area (Å²) < 4.78 is 5.66. The van der Waals surface area contributed by atoms with Gasteiger partial charge in [-0.05, 0) is 30.6 Å². The maximum atomic E-state index is 10.5. The zero-order valence-corrected chi connectivity index (χ0v) is 10.2. The first-order valence-corrected chi connectivity index (χ1v) is 6.51. The molecule has 0 aromatic carbocycles. The van der Waals surface area contributed by atoms with Gasteiger partial charge in [0, 0.05) is 6.04 Å². The summed E-state index contributed by atoms with van der Waals surface area (Å²) in [5, 5.41) is 10.9. The van der Waals surface area contributed by atoms with Gasteiger partial charge in [-0.2, -0.15) is 0 Å². The van der Waals surface area contributed by atoms with Crippen LogP contribution in [0.5, 0.6) is 5.19 Å². The molecule has 0 radical (unpaired) electrons. The van der Waals surface area contributed by atoms with Crippen molar-refractivity contribution in [3.63, 3.8) is 0 Å². The second kappa shape index (κ2) is 5.42. The van der Waals surface area contributed by atoms with Gasteiger partial charge in [0.05, 0.1) is 4.92 Å². The molecule has 1 fully saturated rings. The molecule has 1 saturated carbocycles. The Morgan fingerprint density at radius 3 is 2.94 bits per heavy atom. The highest BCUT2D eigenvalue weighted by Crippen LogP contribution is 2.29. The van der Waals surface area contributed by atoms with E-state index in [0.29, 0.717) is 5.19 Å². The van der Waals surface area contributed by atoms with Gasteiger partial charge in [0.1, 0.15) is 12.3 Å². The van der Waals surface area contributed by atoms with Crippen LogP contribution in [0.15, 0.2) is 6.20 Å². The summed E-state index contributed by atoms with van der Waals surface area (Å²) in [5.41, 5.74) is 6.01. The highest BCUT2D eigenvalue weighted by atomic mass is 32.1. The number of nitro groups is 1. The highest BCUT2D eigenvalue weighted by molar-refractivity contribution is 7.16. The van der Waals surface area contributed by atoms with E-state index in [0.717, 1.165) is 37.0 Å². The van der Waals surface area contributed by atoms with E-state index in [9.17, 15) is 10.1 Å². The smallest absolute Gasteiger partial charge is 0.347 e. The van der Waals surface area contributed by atoms with E-state index in [1.165, 1.54) is 12.6 Å². The van der Waals surface area contributed by atoms with Gasteiger partial charge in [-0.3, -0.25) is 10.1 Å². The van der Waals surface area contributed by atoms with Crippen LogP contribution >= 0.6 is 11.3 Å². The third-order valence-electron chi connectivity index (χ3n) is 2.91. The van der Waals surface area contributed by atoms with Crippen LogP contribution in [0.4, 0.5) is 5.00 Å². The summed E-state index contributed by atoms with van der Waals surface area (Å²) in [7, 11) is 0. The van der Waals surface area contributed by atoms with Crippen molar-refractivity contribution in [3.8, 4) is 5.19 Å². The molecule has 6 nitrogen and oxygen atoms in total. The molecule has 1 aliphatic carbocycles. The van der Waals surface area contributed by atoms with Crippen molar-refractivity contribution in [2.75, 3.05) is 0 Å². The van der Waals surface area contributed by atoms with Crippen molar-refractivity contribution in [1.82, 2.24) is 4.98 Å². The molecule has 94 valence electrons. The second-order valence-corrected chi connectivity index (χ2v) is 5.15. The average Bonchev–Trinajstić information content (AvgIpc) is 2.66. The Morgan fingerprint density at radius 1 is 1.47 bits per heavy atom. The van der Waals surface area contributed by atoms with Crippen LogP contribution in [0.1, 0.15) is 32.1 Å². The van der Waals surface area contributed by atoms with E-state index in [1.807, 2.05) is 0 Å². The molecule has 2 N–H and O–H groups in total. The molecule has 17 heavy (non-hydrogen) atoms. The number of aromatic nitrogens is 1. The zero-order valence-electron chi connectivity index (χ0n) is 9.37. The van der Waals surface area contributed by atoms with Crippen molar-refractivity contribution >= 4 is 16.3 Å². The summed E-state index contributed by atoms with van der Waals surface area (Å²) in [6.45, 7) is 0. The van der Waals surface area contributed by atoms with E-state index in [-0.39, 0.29) is 17.1 Å². The third-order valence-corrected chi connectivity index (χ3v) is 3.75. The van der Waals surface area contributed by atoms with Crippen molar-refractivity contribution in [2.45, 2.75) is 44.2 Å². The summed E-state index contributed by atoms with van der Waals surface area (Å²) in [6.07, 6.45) is 6.38. The summed E-state index contributed by atoms with van der Waals surface area (Å²) in [6, 6.07) is 0.000422. The molecule has 0 bridgehead atoms. The van der Waals surface area contributed by atoms with Crippen LogP contribution in [-0.2, 0) is 0 Å². The van der Waals surface area contributed by atoms with Crippen LogP contribution < -0.4 is 10.5 Å². The van der Waals surface area contributed by atoms with Crippen molar-refractivity contribution in [2.24, 2.45) is 5.73 Å². The van der Waals surface area contributed by atoms with Crippen LogP contribution in [0.3, 0.4) is 0 Å². The fourth-order valence-electron chi connectivity index (χ4n) is 1.97. The molecule has 1 aliphatic rings. The Kier molecular flexibility index (Phi) is 3.90. The molecule has 1 aromatic heterocycles. The van der Waals surface area contributed by atoms with E-state index >= 15 is 0 Å². The minimum Gasteiger partial charge on any atom is -0.465 e. The first-order valence-electron chi connectivity index (χ1n) is 5.69. The van der Waals surface area contributed by atoms with Crippen molar-refractivity contribution in [3.05, 3.63) is 16.3 Å². The average molecular weight is 257 g/mol. The second-order valence-electron chi connectivity index (χ2n) is 4.18. The number of ether oxygens (including phenoxy) is 1. The molecule has 2 unspecified atom stereocenters. The van der Waals surface area contributed by atoms with E-state index in [4.69, 9.17) is 10.5 Å². The maximum Gasteiger partial charge on any atom is 0.347 e. The molecule has 0 saturated heterocycles. The zero-order chi connectivity index (χ0) is 12.3. The predicted octanol–water partition coefficient (Wildman–Crippen LogP) is 2.09. The van der Waals surface area contributed by atoms with Crippen LogP contribution in [0, 0.1) is 10.1 Å². The summed E-state index contributed by atoms with van der Waals surface area (Å²) >= 11 is 0.956. The molecular formula is C10H15N3O3S. The van der Waals surface area contributed by atoms with Gasteiger partial charge >= 0.3 is 5.00 Å². The van der Waals surface area contributed by atoms with Gasteiger partial charge in [-0.15, -0.1) is 0 Å². The molecule has 1 aromatic rings. The lowest BCUT2D eigenvalue weighted by Crippen LogP contribution is -2.37. The molecule has 0 aliphatic heterocycles. The minimum atomic E-state index is -0.461. The Hall–Kier alpha value is -1.21. The monoisotopic (exact) mass is 257 g/mol. The van der Waals surface area contributed by atoms with Crippen molar-refractivity contribution in [1.29, 1.82) is 0 Å². The fraction of sp³-hybridized carbons (Fsp3) is 0.700. The van der Waals surface area contributed by atoms with Gasteiger partial charge in [0.2, 0.25) is 0 Å². The summed E-state index contributed by atoms with van der Waals surface area (Å²) in [5.74, 6) is 0. The van der Waals surface area contributed by atoms with Gasteiger partial charge < -0.3 is 10.5 Å². The van der Waals surface area contributed by atoms with Gasteiger partial charge in [-0.1, -0.05) is 12.8 Å². The van der Waals surface area contributed by atoms with Gasteiger partial charge in [0.15, 0.2) is 0 Å². The lowest BCUT2D eigenvalue weighted by molar-refractivity contribution is -0.380. The first kappa shape index (κ1) is 12.3. The first-order chi connectivity index (χ1) is 8.16. The molecule has 0 spiro atoms. The molecule has 2 atom stereocenters. The van der Waals surface area contributed by atoms with E-state index in [2.05, 4.69) is 4.98 Å². The lowest BCUT2D eigenvalue weighted by atomic mass is 10.1. The molecule has 0 amide bonds. The number of thiazole rings is 1. The Morgan fingerprint density at radius 2 is 2.24 bits per heavy atom. The summed E-state index contributed by atoms with van der Waals surface area (Å²) in [4.78, 5) is 14.0. The lowest BCUT2D eigenvalue weighted by Gasteiger charge is -2.20. The SMILES string of the molecule is NC1CCCCCC1Oc1ncc([N+](=O)[O-])s1. The quantitative estimate of drug-likeness (QED) is 0.508. The predicted molar refractivity (Wildman–Crippen MR) is 64.2 cm³/mol. The molecule has 1 heterocycles. The van der Waals surface area contributed by atoms with Gasteiger partial charge in [-0.25, -0.2) is 4.98 Å². The number of nitrogens with zero attached hydrogens (tertiary/aromatic N) is 2. The Bertz CT molecular complexity index is 396. The van der Waals surface area contributed by atoms with Gasteiger partial charge in [0.25, 0.3) is 5.19 Å². The van der Waals surface area contributed by atoms with Crippen LogP contribution in [0.2, 0.25) is 0 Å². The number of hydrogen-bond donors (Lipinski definition) is 1. The highest BCUT2D eigenvalue weighted by Gasteiger charge is 2.24. The molecular weight excluding hydrogens is 242 g/mol. The normalized spacial score (nSPS) is 25.2. The maximum absolute atomic E-state index is 10.5. The van der Waals surface area contributed by atoms with E-state index in [1.54, 1.807) is 0 Å². The fourth-order valence-corrected chi connectivity index (χ4v) is 2.60. The molecule has 7 heteroatoms. The topological polar surface area (TPSA) is 91.3 Å². The Labute approximate surface area is 103 Å². The van der Waals surface area contributed by atoms with E-state index < -0.39 is 4.92 Å². The largest absolute Gasteiger partial charge is 0.465 e. The number of rotatable bonds is 3.